The fourth-order valence-corrected chi connectivity index (χ4v) is 7.73. The van der Waals surface area contributed by atoms with Gasteiger partial charge in [-0.2, -0.15) is 0 Å². The minimum atomic E-state index is -4.60. The number of carbonyl (C=O) groups is 1. The molecule has 0 aromatic heterocycles. The number of nitrogens with one attached hydrogen (secondary N) is 1. The Labute approximate surface area is 371 Å². The van der Waals surface area contributed by atoms with Crippen LogP contribution in [0.3, 0.4) is 0 Å². The highest BCUT2D eigenvalue weighted by atomic mass is 31.2. The molecule has 8 nitrogen and oxygen atoms in total. The number of aliphatic hydroxyl groups excluding tert-OH is 1. The summed E-state index contributed by atoms with van der Waals surface area (Å²) in [6, 6.07) is -0.912. The van der Waals surface area contributed by atoms with Crippen LogP contribution in [-0.4, -0.2) is 68.5 Å². The molecule has 9 heteroatoms. The van der Waals surface area contributed by atoms with E-state index in [2.05, 4.69) is 55.6 Å². The van der Waals surface area contributed by atoms with Gasteiger partial charge in [-0.1, -0.05) is 191 Å². The lowest BCUT2D eigenvalue weighted by molar-refractivity contribution is -0.870. The normalized spacial score (nSPS) is 14.6. The van der Waals surface area contributed by atoms with Gasteiger partial charge in [0.15, 0.2) is 0 Å². The minimum absolute atomic E-state index is 0.0106. The molecule has 0 aromatic rings. The van der Waals surface area contributed by atoms with E-state index >= 15 is 0 Å². The van der Waals surface area contributed by atoms with E-state index in [1.54, 1.807) is 6.08 Å². The third-order valence-corrected chi connectivity index (χ3v) is 12.0. The second-order valence-corrected chi connectivity index (χ2v) is 19.6. The van der Waals surface area contributed by atoms with Gasteiger partial charge in [-0.05, 0) is 70.6 Å². The molecule has 0 aliphatic heterocycles. The molecule has 0 spiro atoms. The molecule has 352 valence electrons. The average molecular weight is 865 g/mol. The van der Waals surface area contributed by atoms with Crippen molar-refractivity contribution < 1.29 is 32.9 Å². The molecule has 0 aliphatic carbocycles. The number of unbranched alkanes of at least 4 members (excludes halogenated alkanes) is 26. The largest absolute Gasteiger partial charge is 0.756 e. The van der Waals surface area contributed by atoms with Crippen molar-refractivity contribution in [3.05, 3.63) is 48.6 Å². The average Bonchev–Trinajstić information content (AvgIpc) is 3.20. The zero-order valence-electron chi connectivity index (χ0n) is 39.9. The number of allylic oxidation sites excluding steroid dienone is 7. The Morgan fingerprint density at radius 2 is 0.933 bits per heavy atom. The van der Waals surface area contributed by atoms with E-state index in [0.29, 0.717) is 17.4 Å². The molecule has 1 amide bonds. The highest BCUT2D eigenvalue weighted by molar-refractivity contribution is 7.45. The molecule has 0 rings (SSSR count). The summed E-state index contributed by atoms with van der Waals surface area (Å²) < 4.78 is 23.2. The number of aliphatic hydroxyl groups is 1. The Kier molecular flexibility index (Phi) is 41.6. The number of hydrogen-bond donors (Lipinski definition) is 2. The fourth-order valence-electron chi connectivity index (χ4n) is 7.00. The highest BCUT2D eigenvalue weighted by Gasteiger charge is 2.23. The van der Waals surface area contributed by atoms with E-state index in [-0.39, 0.29) is 12.5 Å². The first-order chi connectivity index (χ1) is 29.0. The summed E-state index contributed by atoms with van der Waals surface area (Å²) in [4.78, 5) is 25.3. The fraction of sp³-hybridized carbons (Fsp3) is 0.824. The monoisotopic (exact) mass is 865 g/mol. The van der Waals surface area contributed by atoms with Gasteiger partial charge in [0, 0.05) is 6.42 Å². The van der Waals surface area contributed by atoms with Crippen LogP contribution in [0.15, 0.2) is 48.6 Å². The number of amides is 1. The van der Waals surface area contributed by atoms with Crippen molar-refractivity contribution in [1.82, 2.24) is 5.32 Å². The molecule has 0 bridgehead atoms. The van der Waals surface area contributed by atoms with Crippen LogP contribution in [-0.2, 0) is 18.4 Å². The summed E-state index contributed by atoms with van der Waals surface area (Å²) in [5.41, 5.74) is 0. The number of nitrogens with zero attached hydrogens (tertiary/aromatic N) is 1. The summed E-state index contributed by atoms with van der Waals surface area (Å²) in [6.45, 7) is 4.61. The van der Waals surface area contributed by atoms with E-state index in [1.165, 1.54) is 154 Å². The lowest BCUT2D eigenvalue weighted by atomic mass is 10.0. The van der Waals surface area contributed by atoms with Crippen molar-refractivity contribution in [2.75, 3.05) is 40.9 Å². The SMILES string of the molecule is CCCCCC/C=C\CCCCCCCCCC(=O)NC(COP(=O)([O-])OCC[N+](C)(C)C)C(O)/C=C/CC/C=C/CC/C=C/CCCCCCCCCCCCCCC. The van der Waals surface area contributed by atoms with Crippen LogP contribution in [0.1, 0.15) is 219 Å². The number of carbonyl (C=O) groups excluding carboxylic acids is 1. The number of phosphoric ester groups is 1. The molecule has 0 saturated carbocycles. The zero-order valence-corrected chi connectivity index (χ0v) is 40.8. The molecule has 60 heavy (non-hydrogen) atoms. The minimum Gasteiger partial charge on any atom is -0.756 e. The van der Waals surface area contributed by atoms with Crippen LogP contribution >= 0.6 is 7.82 Å². The Hall–Kier alpha value is -1.54. The lowest BCUT2D eigenvalue weighted by Gasteiger charge is -2.29. The van der Waals surface area contributed by atoms with Gasteiger partial charge in [-0.15, -0.1) is 0 Å². The van der Waals surface area contributed by atoms with E-state index in [0.717, 1.165) is 44.9 Å². The standard InChI is InChI=1S/C51H97N2O6P/c1-6-8-10-12-14-16-18-20-22-23-24-25-26-27-28-29-31-32-34-36-38-40-42-44-50(54)49(48-59-60(56,57)58-47-46-53(3,4)5)52-51(55)45-43-41-39-37-35-33-30-21-19-17-15-13-11-9-7-2/h17,19,28-29,34,36,42,44,49-50,54H,6-16,18,20-27,30-33,35,37-41,43,45-48H2,1-5H3,(H-,52,55,56,57)/b19-17-,29-28+,36-34+,44-42+. The molecule has 0 saturated heterocycles. The van der Waals surface area contributed by atoms with Crippen molar-refractivity contribution in [1.29, 1.82) is 0 Å². The molecule has 2 N–H and O–H groups in total. The molecular weight excluding hydrogens is 768 g/mol. The van der Waals surface area contributed by atoms with Gasteiger partial charge in [0.05, 0.1) is 39.9 Å². The lowest BCUT2D eigenvalue weighted by Crippen LogP contribution is -2.45. The van der Waals surface area contributed by atoms with Crippen molar-refractivity contribution >= 4 is 13.7 Å². The van der Waals surface area contributed by atoms with E-state index in [9.17, 15) is 19.4 Å². The summed E-state index contributed by atoms with van der Waals surface area (Å²) in [7, 11) is 1.23. The summed E-state index contributed by atoms with van der Waals surface area (Å²) >= 11 is 0. The van der Waals surface area contributed by atoms with Crippen molar-refractivity contribution in [2.45, 2.75) is 231 Å². The first kappa shape index (κ1) is 58.5. The Morgan fingerprint density at radius 3 is 1.37 bits per heavy atom. The number of likely N-dealkylation sites (N-methyl/N-ethyl adjacent to an activating group) is 1. The van der Waals surface area contributed by atoms with Crippen LogP contribution in [0.25, 0.3) is 0 Å². The first-order valence-electron chi connectivity index (χ1n) is 25.0. The van der Waals surface area contributed by atoms with Crippen molar-refractivity contribution in [2.24, 2.45) is 0 Å². The van der Waals surface area contributed by atoms with Crippen LogP contribution in [0.2, 0.25) is 0 Å². The number of hydrogen-bond acceptors (Lipinski definition) is 6. The molecule has 0 aromatic carbocycles. The number of quaternary nitrogens is 1. The van der Waals surface area contributed by atoms with E-state index in [1.807, 2.05) is 27.2 Å². The molecule has 0 aliphatic rings. The third kappa shape index (κ3) is 44.5. The predicted octanol–water partition coefficient (Wildman–Crippen LogP) is 13.8. The van der Waals surface area contributed by atoms with Crippen molar-refractivity contribution in [3.63, 3.8) is 0 Å². The Morgan fingerprint density at radius 1 is 0.567 bits per heavy atom. The maximum atomic E-state index is 12.9. The van der Waals surface area contributed by atoms with Crippen LogP contribution in [0.4, 0.5) is 0 Å². The maximum Gasteiger partial charge on any atom is 0.268 e. The molecule has 3 unspecified atom stereocenters. The molecule has 0 heterocycles. The van der Waals surface area contributed by atoms with Gasteiger partial charge >= 0.3 is 0 Å². The predicted molar refractivity (Wildman–Crippen MR) is 256 cm³/mol. The van der Waals surface area contributed by atoms with E-state index < -0.39 is 26.6 Å². The van der Waals surface area contributed by atoms with Gasteiger partial charge in [0.25, 0.3) is 7.82 Å². The topological polar surface area (TPSA) is 108 Å². The quantitative estimate of drug-likeness (QED) is 0.0273. The van der Waals surface area contributed by atoms with E-state index in [4.69, 9.17) is 9.05 Å². The molecule has 0 fully saturated rings. The number of phosphoric acid groups is 1. The van der Waals surface area contributed by atoms with Crippen LogP contribution in [0, 0.1) is 0 Å². The number of rotatable bonds is 45. The van der Waals surface area contributed by atoms with Gasteiger partial charge < -0.3 is 28.8 Å². The summed E-state index contributed by atoms with van der Waals surface area (Å²) in [5.74, 6) is -0.217. The Bertz CT molecular complexity index is 1120. The molecule has 0 radical (unpaired) electrons. The maximum absolute atomic E-state index is 12.9. The molecular formula is C51H97N2O6P. The highest BCUT2D eigenvalue weighted by Crippen LogP contribution is 2.38. The third-order valence-electron chi connectivity index (χ3n) is 11.0. The van der Waals surface area contributed by atoms with Crippen LogP contribution < -0.4 is 10.2 Å². The first-order valence-corrected chi connectivity index (χ1v) is 26.5. The van der Waals surface area contributed by atoms with Gasteiger partial charge in [0.2, 0.25) is 5.91 Å². The van der Waals surface area contributed by atoms with Gasteiger partial charge in [0.1, 0.15) is 13.2 Å². The van der Waals surface area contributed by atoms with Gasteiger partial charge in [-0.3, -0.25) is 9.36 Å². The van der Waals surface area contributed by atoms with Crippen molar-refractivity contribution in [3.8, 4) is 0 Å². The second kappa shape index (κ2) is 42.7. The van der Waals surface area contributed by atoms with Gasteiger partial charge in [-0.25, -0.2) is 0 Å². The Balaban J connectivity index is 4.40. The summed E-state index contributed by atoms with van der Waals surface area (Å²) in [5, 5.41) is 13.8. The zero-order chi connectivity index (χ0) is 44.3. The second-order valence-electron chi connectivity index (χ2n) is 18.1. The van der Waals surface area contributed by atoms with Crippen LogP contribution in [0.5, 0.6) is 0 Å². The molecule has 3 atom stereocenters. The smallest absolute Gasteiger partial charge is 0.268 e. The summed E-state index contributed by atoms with van der Waals surface area (Å²) in [6.07, 6.45) is 54.6.